The molecule has 0 heterocycles. The van der Waals surface area contributed by atoms with Crippen LogP contribution in [0.15, 0.2) is 18.2 Å². The van der Waals surface area contributed by atoms with Gasteiger partial charge >= 0.3 is 0 Å². The minimum atomic E-state index is -0.513. The highest BCUT2D eigenvalue weighted by atomic mass is 16.3. The second-order valence-corrected chi connectivity index (χ2v) is 3.86. The lowest BCUT2D eigenvalue weighted by molar-refractivity contribution is 0.0924. The molecule has 3 heteroatoms. The van der Waals surface area contributed by atoms with E-state index in [1.54, 1.807) is 13.0 Å². The Kier molecular flexibility index (Phi) is 3.86. The molecule has 0 unspecified atom stereocenters. The average molecular weight is 207 g/mol. The van der Waals surface area contributed by atoms with Crippen LogP contribution in [0, 0.1) is 13.8 Å². The van der Waals surface area contributed by atoms with E-state index < -0.39 is 6.10 Å². The van der Waals surface area contributed by atoms with Crippen LogP contribution in [0.2, 0.25) is 0 Å². The van der Waals surface area contributed by atoms with Gasteiger partial charge in [-0.2, -0.15) is 0 Å². The van der Waals surface area contributed by atoms with E-state index in [9.17, 15) is 4.79 Å². The van der Waals surface area contributed by atoms with Crippen LogP contribution in [0.1, 0.15) is 28.4 Å². The molecule has 82 valence electrons. The molecule has 0 spiro atoms. The third-order valence-electron chi connectivity index (χ3n) is 2.33. The van der Waals surface area contributed by atoms with Crippen LogP contribution in [0.4, 0.5) is 0 Å². The summed E-state index contributed by atoms with van der Waals surface area (Å²) in [5.41, 5.74) is 2.90. The molecular weight excluding hydrogens is 190 g/mol. The van der Waals surface area contributed by atoms with Gasteiger partial charge in [-0.1, -0.05) is 6.07 Å². The summed E-state index contributed by atoms with van der Waals surface area (Å²) in [5, 5.41) is 11.7. The normalized spacial score (nSPS) is 12.3. The maximum atomic E-state index is 11.6. The van der Waals surface area contributed by atoms with Crippen molar-refractivity contribution < 1.29 is 9.90 Å². The van der Waals surface area contributed by atoms with Crippen LogP contribution in [-0.4, -0.2) is 23.7 Å². The van der Waals surface area contributed by atoms with Gasteiger partial charge < -0.3 is 10.4 Å². The summed E-state index contributed by atoms with van der Waals surface area (Å²) in [6.45, 7) is 5.90. The smallest absolute Gasteiger partial charge is 0.251 e. The molecular formula is C12H17NO2. The van der Waals surface area contributed by atoms with E-state index in [2.05, 4.69) is 5.32 Å². The summed E-state index contributed by atoms with van der Waals surface area (Å²) in [4.78, 5) is 11.6. The van der Waals surface area contributed by atoms with E-state index in [-0.39, 0.29) is 12.5 Å². The standard InChI is InChI=1S/C12H17NO2/c1-8-4-5-11(6-9(8)2)12(15)13-7-10(3)14/h4-6,10,14H,7H2,1-3H3,(H,13,15)/t10-/m1/s1. The van der Waals surface area contributed by atoms with Gasteiger partial charge in [0.25, 0.3) is 5.91 Å². The van der Waals surface area contributed by atoms with Crippen molar-refractivity contribution >= 4 is 5.91 Å². The fourth-order valence-electron chi connectivity index (χ4n) is 1.23. The number of carbonyl (C=O) groups excluding carboxylic acids is 1. The summed E-state index contributed by atoms with van der Waals surface area (Å²) in [5.74, 6) is -0.140. The number of hydrogen-bond acceptors (Lipinski definition) is 2. The Bertz CT molecular complexity index is 359. The quantitative estimate of drug-likeness (QED) is 0.787. The van der Waals surface area contributed by atoms with Crippen molar-refractivity contribution in [3.05, 3.63) is 34.9 Å². The molecule has 0 aliphatic heterocycles. The number of carbonyl (C=O) groups is 1. The maximum absolute atomic E-state index is 11.6. The highest BCUT2D eigenvalue weighted by molar-refractivity contribution is 5.94. The third kappa shape index (κ3) is 3.36. The van der Waals surface area contributed by atoms with Crippen molar-refractivity contribution in [1.82, 2.24) is 5.32 Å². The molecule has 0 bridgehead atoms. The molecule has 2 N–H and O–H groups in total. The van der Waals surface area contributed by atoms with Gasteiger partial charge in [-0.25, -0.2) is 0 Å². The molecule has 1 amide bonds. The first-order valence-corrected chi connectivity index (χ1v) is 5.04. The van der Waals surface area contributed by atoms with Crippen LogP contribution in [0.3, 0.4) is 0 Å². The zero-order valence-corrected chi connectivity index (χ0v) is 9.37. The fourth-order valence-corrected chi connectivity index (χ4v) is 1.23. The van der Waals surface area contributed by atoms with Gasteiger partial charge in [0.15, 0.2) is 0 Å². The van der Waals surface area contributed by atoms with E-state index in [1.165, 1.54) is 5.56 Å². The lowest BCUT2D eigenvalue weighted by atomic mass is 10.1. The first kappa shape index (κ1) is 11.7. The zero-order chi connectivity index (χ0) is 11.4. The van der Waals surface area contributed by atoms with Crippen molar-refractivity contribution in [2.24, 2.45) is 0 Å². The minimum Gasteiger partial charge on any atom is -0.392 e. The van der Waals surface area contributed by atoms with Crippen molar-refractivity contribution in [1.29, 1.82) is 0 Å². The molecule has 3 nitrogen and oxygen atoms in total. The van der Waals surface area contributed by atoms with Crippen LogP contribution >= 0.6 is 0 Å². The van der Waals surface area contributed by atoms with E-state index in [1.807, 2.05) is 26.0 Å². The molecule has 1 rings (SSSR count). The minimum absolute atomic E-state index is 0.140. The topological polar surface area (TPSA) is 49.3 Å². The molecule has 0 aromatic heterocycles. The van der Waals surface area contributed by atoms with Crippen LogP contribution in [0.5, 0.6) is 0 Å². The van der Waals surface area contributed by atoms with Crippen LogP contribution in [0.25, 0.3) is 0 Å². The molecule has 1 aromatic rings. The predicted octanol–water partition coefficient (Wildman–Crippen LogP) is 1.41. The molecule has 1 aromatic carbocycles. The second-order valence-electron chi connectivity index (χ2n) is 3.86. The Morgan fingerprint density at radius 2 is 2.07 bits per heavy atom. The first-order valence-electron chi connectivity index (χ1n) is 5.04. The molecule has 0 saturated carbocycles. The number of aryl methyl sites for hydroxylation is 2. The van der Waals surface area contributed by atoms with E-state index in [0.29, 0.717) is 5.56 Å². The van der Waals surface area contributed by atoms with Crippen molar-refractivity contribution in [3.63, 3.8) is 0 Å². The third-order valence-corrected chi connectivity index (χ3v) is 2.33. The Morgan fingerprint density at radius 3 is 2.60 bits per heavy atom. The molecule has 1 atom stereocenters. The highest BCUT2D eigenvalue weighted by Crippen LogP contribution is 2.09. The Labute approximate surface area is 90.1 Å². The molecule has 15 heavy (non-hydrogen) atoms. The number of benzene rings is 1. The Hall–Kier alpha value is -1.35. The van der Waals surface area contributed by atoms with Crippen LogP contribution in [-0.2, 0) is 0 Å². The SMILES string of the molecule is Cc1ccc(C(=O)NC[C@@H](C)O)cc1C. The van der Waals surface area contributed by atoms with Gasteiger partial charge in [0, 0.05) is 12.1 Å². The van der Waals surface area contributed by atoms with Gasteiger partial charge in [-0.05, 0) is 44.0 Å². The molecule has 0 aliphatic rings. The molecule has 0 radical (unpaired) electrons. The van der Waals surface area contributed by atoms with Crippen LogP contribution < -0.4 is 5.32 Å². The zero-order valence-electron chi connectivity index (χ0n) is 9.37. The molecule has 0 saturated heterocycles. The lowest BCUT2D eigenvalue weighted by Gasteiger charge is -2.08. The molecule has 0 aliphatic carbocycles. The van der Waals surface area contributed by atoms with E-state index >= 15 is 0 Å². The predicted molar refractivity (Wildman–Crippen MR) is 59.9 cm³/mol. The van der Waals surface area contributed by atoms with E-state index in [4.69, 9.17) is 5.11 Å². The number of rotatable bonds is 3. The van der Waals surface area contributed by atoms with Gasteiger partial charge in [-0.15, -0.1) is 0 Å². The second kappa shape index (κ2) is 4.94. The van der Waals surface area contributed by atoms with Crippen molar-refractivity contribution in [3.8, 4) is 0 Å². The highest BCUT2D eigenvalue weighted by Gasteiger charge is 2.06. The largest absolute Gasteiger partial charge is 0.392 e. The summed E-state index contributed by atoms with van der Waals surface area (Å²) >= 11 is 0. The van der Waals surface area contributed by atoms with E-state index in [0.717, 1.165) is 5.56 Å². The summed E-state index contributed by atoms with van der Waals surface area (Å²) in [7, 11) is 0. The van der Waals surface area contributed by atoms with Crippen molar-refractivity contribution in [2.75, 3.05) is 6.54 Å². The van der Waals surface area contributed by atoms with Gasteiger partial charge in [-0.3, -0.25) is 4.79 Å². The number of aliphatic hydroxyl groups excluding tert-OH is 1. The Balaban J connectivity index is 2.70. The summed E-state index contributed by atoms with van der Waals surface area (Å²) in [6.07, 6.45) is -0.513. The lowest BCUT2D eigenvalue weighted by Crippen LogP contribution is -2.30. The number of nitrogens with one attached hydrogen (secondary N) is 1. The number of amides is 1. The first-order chi connectivity index (χ1) is 7.00. The van der Waals surface area contributed by atoms with Gasteiger partial charge in [0.05, 0.1) is 6.10 Å². The van der Waals surface area contributed by atoms with Gasteiger partial charge in [0.1, 0.15) is 0 Å². The monoisotopic (exact) mass is 207 g/mol. The number of aliphatic hydroxyl groups is 1. The Morgan fingerprint density at radius 1 is 1.40 bits per heavy atom. The molecule has 0 fully saturated rings. The number of hydrogen-bond donors (Lipinski definition) is 2. The van der Waals surface area contributed by atoms with Gasteiger partial charge in [0.2, 0.25) is 0 Å². The average Bonchev–Trinajstić information content (AvgIpc) is 2.18. The maximum Gasteiger partial charge on any atom is 0.251 e. The fraction of sp³-hybridized carbons (Fsp3) is 0.417. The summed E-state index contributed by atoms with van der Waals surface area (Å²) in [6, 6.07) is 5.57. The summed E-state index contributed by atoms with van der Waals surface area (Å²) < 4.78 is 0. The van der Waals surface area contributed by atoms with Crippen molar-refractivity contribution in [2.45, 2.75) is 26.9 Å².